The fourth-order valence-electron chi connectivity index (χ4n) is 1.87. The molecule has 0 saturated heterocycles. The smallest absolute Gasteiger partial charge is 0.0426 e. The zero-order valence-corrected chi connectivity index (χ0v) is 8.93. The molecule has 1 nitrogen and oxygen atoms in total. The molecule has 0 aromatic heterocycles. The third-order valence-electron chi connectivity index (χ3n) is 2.60. The molecule has 1 saturated carbocycles. The molecular weight excluding hydrogens is 194 g/mol. The van der Waals surface area contributed by atoms with Crippen molar-refractivity contribution < 1.29 is 0 Å². The van der Waals surface area contributed by atoms with E-state index in [1.807, 2.05) is 18.2 Å². The Kier molecular flexibility index (Phi) is 3.30. The van der Waals surface area contributed by atoms with Gasteiger partial charge in [0.05, 0.1) is 0 Å². The lowest BCUT2D eigenvalue weighted by molar-refractivity contribution is 0.551. The summed E-state index contributed by atoms with van der Waals surface area (Å²) in [4.78, 5) is 0. The highest BCUT2D eigenvalue weighted by Gasteiger charge is 2.12. The van der Waals surface area contributed by atoms with E-state index in [4.69, 9.17) is 11.6 Å². The molecule has 0 amide bonds. The maximum atomic E-state index is 5.91. The van der Waals surface area contributed by atoms with Crippen molar-refractivity contribution in [3.8, 4) is 0 Å². The Morgan fingerprint density at radius 1 is 1.29 bits per heavy atom. The van der Waals surface area contributed by atoms with Crippen LogP contribution in [0.4, 0.5) is 5.69 Å². The summed E-state index contributed by atoms with van der Waals surface area (Å²) >= 11 is 5.91. The molecule has 2 rings (SSSR count). The summed E-state index contributed by atoms with van der Waals surface area (Å²) in [6.07, 6.45) is 7.51. The summed E-state index contributed by atoms with van der Waals surface area (Å²) in [5, 5.41) is 4.28. The van der Waals surface area contributed by atoms with Gasteiger partial charge in [-0.05, 0) is 37.5 Å². The maximum absolute atomic E-state index is 5.91. The number of nitrogens with one attached hydrogen (secondary N) is 1. The molecule has 1 atom stereocenters. The highest BCUT2D eigenvalue weighted by molar-refractivity contribution is 6.30. The Labute approximate surface area is 90.5 Å². The highest BCUT2D eigenvalue weighted by Crippen LogP contribution is 2.22. The number of hydrogen-bond donors (Lipinski definition) is 1. The first-order valence-electron chi connectivity index (χ1n) is 5.20. The average molecular weight is 209 g/mol. The Bertz CT molecular complexity index is 292. The van der Waals surface area contributed by atoms with E-state index >= 15 is 0 Å². The Balaban J connectivity index is 1.95. The second-order valence-corrected chi connectivity index (χ2v) is 4.22. The van der Waals surface area contributed by atoms with Crippen molar-refractivity contribution >= 4 is 17.3 Å². The van der Waals surface area contributed by atoms with E-state index < -0.39 is 0 Å². The monoisotopic (exact) mass is 208 g/mol. The van der Waals surface area contributed by atoms with Gasteiger partial charge in [-0.2, -0.15) is 0 Å². The van der Waals surface area contributed by atoms with Gasteiger partial charge in [-0.15, -0.1) is 0 Å². The SMILES string of the molecule is Clc1cccc(NC2[CH]CCCC2)c1. The minimum absolute atomic E-state index is 0.530. The molecular formula is C12H15ClN. The molecule has 0 spiro atoms. The van der Waals surface area contributed by atoms with Crippen LogP contribution in [0.5, 0.6) is 0 Å². The van der Waals surface area contributed by atoms with E-state index in [0.717, 1.165) is 10.7 Å². The van der Waals surface area contributed by atoms with Gasteiger partial charge in [0.15, 0.2) is 0 Å². The molecule has 0 bridgehead atoms. The summed E-state index contributed by atoms with van der Waals surface area (Å²) in [6.45, 7) is 0. The summed E-state index contributed by atoms with van der Waals surface area (Å²) in [6, 6.07) is 8.45. The summed E-state index contributed by atoms with van der Waals surface area (Å²) < 4.78 is 0. The van der Waals surface area contributed by atoms with Crippen molar-refractivity contribution in [2.45, 2.75) is 31.7 Å². The highest BCUT2D eigenvalue weighted by atomic mass is 35.5. The maximum Gasteiger partial charge on any atom is 0.0426 e. The molecule has 0 aliphatic heterocycles. The number of benzene rings is 1. The van der Waals surface area contributed by atoms with Crippen LogP contribution in [0.25, 0.3) is 0 Å². The van der Waals surface area contributed by atoms with Crippen LogP contribution in [0.2, 0.25) is 5.02 Å². The second kappa shape index (κ2) is 4.70. The summed E-state index contributed by atoms with van der Waals surface area (Å²) in [7, 11) is 0. The van der Waals surface area contributed by atoms with Crippen LogP contribution in [-0.2, 0) is 0 Å². The van der Waals surface area contributed by atoms with Crippen molar-refractivity contribution in [1.29, 1.82) is 0 Å². The molecule has 1 aromatic rings. The third-order valence-corrected chi connectivity index (χ3v) is 2.83. The minimum Gasteiger partial charge on any atom is -0.382 e. The molecule has 1 fully saturated rings. The Morgan fingerprint density at radius 2 is 2.21 bits per heavy atom. The fourth-order valence-corrected chi connectivity index (χ4v) is 2.06. The van der Waals surface area contributed by atoms with Gasteiger partial charge in [-0.3, -0.25) is 0 Å². The van der Waals surface area contributed by atoms with Crippen molar-refractivity contribution in [2.75, 3.05) is 5.32 Å². The van der Waals surface area contributed by atoms with Crippen LogP contribution in [0.1, 0.15) is 25.7 Å². The Hall–Kier alpha value is -0.690. The summed E-state index contributed by atoms with van der Waals surface area (Å²) in [5.74, 6) is 0. The standard InChI is InChI=1S/C12H15ClN/c13-10-5-4-8-12(9-10)14-11-6-2-1-3-7-11/h4-6,8-9,11,14H,1-3,7H2. The third kappa shape index (κ3) is 2.65. The van der Waals surface area contributed by atoms with Crippen molar-refractivity contribution in [3.05, 3.63) is 35.7 Å². The molecule has 1 aromatic carbocycles. The van der Waals surface area contributed by atoms with Gasteiger partial charge in [0.25, 0.3) is 0 Å². The number of halogens is 1. The van der Waals surface area contributed by atoms with Crippen LogP contribution < -0.4 is 5.32 Å². The normalized spacial score (nSPS) is 18.1. The van der Waals surface area contributed by atoms with Crippen LogP contribution >= 0.6 is 11.6 Å². The molecule has 1 unspecified atom stereocenters. The van der Waals surface area contributed by atoms with Gasteiger partial charge in [0, 0.05) is 16.8 Å². The molecule has 1 aliphatic carbocycles. The first kappa shape index (κ1) is 9.85. The largest absolute Gasteiger partial charge is 0.382 e. The average Bonchev–Trinajstić information content (AvgIpc) is 2.19. The van der Waals surface area contributed by atoms with Crippen LogP contribution in [0.15, 0.2) is 24.3 Å². The van der Waals surface area contributed by atoms with Crippen molar-refractivity contribution in [2.24, 2.45) is 0 Å². The predicted octanol–water partition coefficient (Wildman–Crippen LogP) is 3.90. The van der Waals surface area contributed by atoms with E-state index in [0.29, 0.717) is 6.04 Å². The van der Waals surface area contributed by atoms with E-state index in [1.165, 1.54) is 25.7 Å². The number of rotatable bonds is 2. The predicted molar refractivity (Wildman–Crippen MR) is 61.6 cm³/mol. The number of hydrogen-bond acceptors (Lipinski definition) is 1. The minimum atomic E-state index is 0.530. The lowest BCUT2D eigenvalue weighted by Gasteiger charge is -2.23. The topological polar surface area (TPSA) is 12.0 Å². The first-order valence-corrected chi connectivity index (χ1v) is 5.58. The molecule has 1 radical (unpaired) electrons. The van der Waals surface area contributed by atoms with Gasteiger partial charge in [-0.25, -0.2) is 0 Å². The lowest BCUT2D eigenvalue weighted by Crippen LogP contribution is -2.22. The van der Waals surface area contributed by atoms with Crippen LogP contribution in [0.3, 0.4) is 0 Å². The van der Waals surface area contributed by atoms with Crippen LogP contribution in [0, 0.1) is 6.42 Å². The first-order chi connectivity index (χ1) is 6.84. The van der Waals surface area contributed by atoms with Crippen LogP contribution in [-0.4, -0.2) is 6.04 Å². The molecule has 1 N–H and O–H groups in total. The number of anilines is 1. The molecule has 2 heteroatoms. The zero-order chi connectivity index (χ0) is 9.80. The van der Waals surface area contributed by atoms with E-state index in [2.05, 4.69) is 17.8 Å². The van der Waals surface area contributed by atoms with Gasteiger partial charge in [-0.1, -0.05) is 30.5 Å². The van der Waals surface area contributed by atoms with Gasteiger partial charge >= 0.3 is 0 Å². The summed E-state index contributed by atoms with van der Waals surface area (Å²) in [5.41, 5.74) is 1.13. The van der Waals surface area contributed by atoms with Crippen molar-refractivity contribution in [3.63, 3.8) is 0 Å². The lowest BCUT2D eigenvalue weighted by atomic mass is 9.95. The Morgan fingerprint density at radius 3 is 2.93 bits per heavy atom. The second-order valence-electron chi connectivity index (χ2n) is 3.78. The van der Waals surface area contributed by atoms with Gasteiger partial charge < -0.3 is 5.32 Å². The van der Waals surface area contributed by atoms with E-state index in [-0.39, 0.29) is 0 Å². The quantitative estimate of drug-likeness (QED) is 0.778. The molecule has 14 heavy (non-hydrogen) atoms. The van der Waals surface area contributed by atoms with E-state index in [1.54, 1.807) is 0 Å². The van der Waals surface area contributed by atoms with Gasteiger partial charge in [0.2, 0.25) is 0 Å². The fraction of sp³-hybridized carbons (Fsp3) is 0.417. The van der Waals surface area contributed by atoms with Crippen molar-refractivity contribution in [1.82, 2.24) is 0 Å². The van der Waals surface area contributed by atoms with E-state index in [9.17, 15) is 0 Å². The van der Waals surface area contributed by atoms with Gasteiger partial charge in [0.1, 0.15) is 0 Å². The molecule has 1 aliphatic rings. The molecule has 0 heterocycles. The molecule has 75 valence electrons. The zero-order valence-electron chi connectivity index (χ0n) is 8.17.